The lowest BCUT2D eigenvalue weighted by atomic mass is 9.95. The number of halogens is 1. The summed E-state index contributed by atoms with van der Waals surface area (Å²) in [6.07, 6.45) is 1.54. The van der Waals surface area contributed by atoms with Gasteiger partial charge in [-0.1, -0.05) is 20.8 Å². The molecule has 9 heteroatoms. The fourth-order valence-electron chi connectivity index (χ4n) is 2.45. The van der Waals surface area contributed by atoms with E-state index in [0.29, 0.717) is 30.6 Å². The van der Waals surface area contributed by atoms with Gasteiger partial charge in [0.25, 0.3) is 0 Å². The van der Waals surface area contributed by atoms with Crippen LogP contribution in [0.15, 0.2) is 23.1 Å². The lowest BCUT2D eigenvalue weighted by molar-refractivity contribution is -0.120. The Hall–Kier alpha value is -1.35. The van der Waals surface area contributed by atoms with Gasteiger partial charge in [0.05, 0.1) is 12.0 Å². The second-order valence-electron chi connectivity index (χ2n) is 5.90. The topological polar surface area (TPSA) is 111 Å². The van der Waals surface area contributed by atoms with Crippen LogP contribution in [-0.2, 0) is 21.4 Å². The molecule has 1 amide bonds. The van der Waals surface area contributed by atoms with Crippen molar-refractivity contribution in [2.75, 3.05) is 13.7 Å². The van der Waals surface area contributed by atoms with Crippen molar-refractivity contribution in [3.63, 3.8) is 0 Å². The minimum atomic E-state index is -3.74. The Balaban J connectivity index is 0.00000625. The first-order valence-electron chi connectivity index (χ1n) is 8.45. The van der Waals surface area contributed by atoms with Crippen molar-refractivity contribution in [3.8, 4) is 5.75 Å². The Morgan fingerprint density at radius 1 is 1.23 bits per heavy atom. The third kappa shape index (κ3) is 6.12. The molecule has 0 spiro atoms. The zero-order chi connectivity index (χ0) is 19.1. The molecule has 7 nitrogen and oxygen atoms in total. The average Bonchev–Trinajstić information content (AvgIpc) is 2.63. The maximum Gasteiger partial charge on any atom is 0.241 e. The molecule has 0 radical (unpaired) electrons. The van der Waals surface area contributed by atoms with Crippen molar-refractivity contribution in [3.05, 3.63) is 23.8 Å². The van der Waals surface area contributed by atoms with E-state index in [4.69, 9.17) is 10.5 Å². The Bertz CT molecular complexity index is 683. The molecular weight excluding hydrogens is 378 g/mol. The van der Waals surface area contributed by atoms with Crippen LogP contribution < -0.4 is 20.5 Å². The number of ether oxygens (including phenoxy) is 1. The summed E-state index contributed by atoms with van der Waals surface area (Å²) in [6, 6.07) is 4.59. The zero-order valence-electron chi connectivity index (χ0n) is 15.8. The molecule has 0 heterocycles. The predicted molar refractivity (Wildman–Crippen MR) is 105 cm³/mol. The summed E-state index contributed by atoms with van der Waals surface area (Å²) in [5, 5.41) is 2.73. The van der Waals surface area contributed by atoms with Gasteiger partial charge in [0.15, 0.2) is 0 Å². The van der Waals surface area contributed by atoms with Gasteiger partial charge in [0, 0.05) is 30.6 Å². The Kier molecular flexibility index (Phi) is 10.2. The van der Waals surface area contributed by atoms with Crippen molar-refractivity contribution in [1.82, 2.24) is 10.0 Å². The molecule has 1 rings (SSSR count). The van der Waals surface area contributed by atoms with Gasteiger partial charge in [-0.2, -0.15) is 0 Å². The molecule has 0 saturated heterocycles. The van der Waals surface area contributed by atoms with Crippen LogP contribution in [0.5, 0.6) is 5.75 Å². The van der Waals surface area contributed by atoms with Crippen molar-refractivity contribution in [1.29, 1.82) is 0 Å². The van der Waals surface area contributed by atoms with Gasteiger partial charge in [-0.15, -0.1) is 12.4 Å². The highest BCUT2D eigenvalue weighted by atomic mass is 35.5. The lowest BCUT2D eigenvalue weighted by Crippen LogP contribution is -2.52. The summed E-state index contributed by atoms with van der Waals surface area (Å²) in [4.78, 5) is 11.6. The van der Waals surface area contributed by atoms with E-state index in [-0.39, 0.29) is 36.3 Å². The Morgan fingerprint density at radius 2 is 1.85 bits per heavy atom. The van der Waals surface area contributed by atoms with E-state index in [1.165, 1.54) is 19.2 Å². The molecule has 0 aliphatic heterocycles. The van der Waals surface area contributed by atoms with E-state index in [9.17, 15) is 13.2 Å². The van der Waals surface area contributed by atoms with Crippen LogP contribution in [-0.4, -0.2) is 33.5 Å². The number of methoxy groups -OCH3 is 1. The van der Waals surface area contributed by atoms with Crippen molar-refractivity contribution < 1.29 is 17.9 Å². The van der Waals surface area contributed by atoms with Crippen LogP contribution in [0.2, 0.25) is 0 Å². The molecule has 0 fully saturated rings. The summed E-state index contributed by atoms with van der Waals surface area (Å²) in [7, 11) is -2.24. The standard InChI is InChI=1S/C17H29N3O4S.ClH/c1-5-16(21)19-11-13-10-14(8-9-15(13)24-4)25(22,23)20-17(6-2,7-3)12-18;/h8-10,20H,5-7,11-12,18H2,1-4H3,(H,19,21);1H. The van der Waals surface area contributed by atoms with Crippen molar-refractivity contribution in [2.24, 2.45) is 5.73 Å². The van der Waals surface area contributed by atoms with Crippen molar-refractivity contribution in [2.45, 2.75) is 57.0 Å². The first-order chi connectivity index (χ1) is 11.8. The number of carbonyl (C=O) groups is 1. The van der Waals surface area contributed by atoms with Gasteiger partial charge < -0.3 is 15.8 Å². The predicted octanol–water partition coefficient (Wildman–Crippen LogP) is 1.94. The summed E-state index contributed by atoms with van der Waals surface area (Å²) in [5.74, 6) is 0.402. The molecule has 26 heavy (non-hydrogen) atoms. The third-order valence-electron chi connectivity index (χ3n) is 4.45. The second-order valence-corrected chi connectivity index (χ2v) is 7.58. The number of nitrogens with two attached hydrogens (primary N) is 1. The largest absolute Gasteiger partial charge is 0.496 e. The monoisotopic (exact) mass is 407 g/mol. The number of hydrogen-bond donors (Lipinski definition) is 3. The van der Waals surface area contributed by atoms with E-state index in [1.54, 1.807) is 13.0 Å². The van der Waals surface area contributed by atoms with E-state index < -0.39 is 15.6 Å². The molecule has 0 aromatic heterocycles. The molecule has 0 unspecified atom stereocenters. The molecule has 4 N–H and O–H groups in total. The molecule has 0 aliphatic carbocycles. The van der Waals surface area contributed by atoms with Gasteiger partial charge in [-0.25, -0.2) is 13.1 Å². The van der Waals surface area contributed by atoms with Gasteiger partial charge in [-0.05, 0) is 31.0 Å². The smallest absolute Gasteiger partial charge is 0.241 e. The quantitative estimate of drug-likeness (QED) is 0.548. The van der Waals surface area contributed by atoms with Crippen LogP contribution in [0.3, 0.4) is 0 Å². The highest BCUT2D eigenvalue weighted by Gasteiger charge is 2.31. The molecule has 1 aromatic rings. The molecule has 0 saturated carbocycles. The van der Waals surface area contributed by atoms with Gasteiger partial charge in [0.1, 0.15) is 5.75 Å². The first-order valence-corrected chi connectivity index (χ1v) is 9.93. The van der Waals surface area contributed by atoms with E-state index in [2.05, 4.69) is 10.0 Å². The van der Waals surface area contributed by atoms with Crippen LogP contribution in [0, 0.1) is 0 Å². The maximum absolute atomic E-state index is 12.8. The fourth-order valence-corrected chi connectivity index (χ4v) is 4.05. The third-order valence-corrected chi connectivity index (χ3v) is 6.03. The Morgan fingerprint density at radius 3 is 2.31 bits per heavy atom. The molecule has 0 atom stereocenters. The van der Waals surface area contributed by atoms with Crippen LogP contribution in [0.1, 0.15) is 45.6 Å². The number of carbonyl (C=O) groups excluding carboxylic acids is 1. The minimum Gasteiger partial charge on any atom is -0.496 e. The highest BCUT2D eigenvalue weighted by molar-refractivity contribution is 7.89. The maximum atomic E-state index is 12.8. The number of rotatable bonds is 10. The molecule has 1 aromatic carbocycles. The van der Waals surface area contributed by atoms with Crippen LogP contribution >= 0.6 is 12.4 Å². The lowest BCUT2D eigenvalue weighted by Gasteiger charge is -2.31. The summed E-state index contributed by atoms with van der Waals surface area (Å²) in [6.45, 7) is 5.97. The van der Waals surface area contributed by atoms with E-state index in [1.807, 2.05) is 13.8 Å². The van der Waals surface area contributed by atoms with E-state index in [0.717, 1.165) is 0 Å². The fraction of sp³-hybridized carbons (Fsp3) is 0.588. The summed E-state index contributed by atoms with van der Waals surface area (Å²) >= 11 is 0. The minimum absolute atomic E-state index is 0. The first kappa shape index (κ1) is 24.7. The van der Waals surface area contributed by atoms with E-state index >= 15 is 0 Å². The van der Waals surface area contributed by atoms with Gasteiger partial charge >= 0.3 is 0 Å². The SMILES string of the molecule is CCC(=O)NCc1cc(S(=O)(=O)NC(CC)(CC)CN)ccc1OC.Cl. The van der Waals surface area contributed by atoms with Gasteiger partial charge in [-0.3, -0.25) is 4.79 Å². The normalized spacial score (nSPS) is 11.6. The number of nitrogens with one attached hydrogen (secondary N) is 2. The number of sulfonamides is 1. The van der Waals surface area contributed by atoms with Gasteiger partial charge in [0.2, 0.25) is 15.9 Å². The summed E-state index contributed by atoms with van der Waals surface area (Å²) < 4.78 is 33.5. The molecule has 150 valence electrons. The number of hydrogen-bond acceptors (Lipinski definition) is 5. The number of benzene rings is 1. The second kappa shape index (κ2) is 10.7. The van der Waals surface area contributed by atoms with Crippen molar-refractivity contribution >= 4 is 28.3 Å². The average molecular weight is 408 g/mol. The molecule has 0 bridgehead atoms. The highest BCUT2D eigenvalue weighted by Crippen LogP contribution is 2.24. The Labute approximate surface area is 162 Å². The van der Waals surface area contributed by atoms with Crippen LogP contribution in [0.4, 0.5) is 0 Å². The molecular formula is C17H30ClN3O4S. The van der Waals surface area contributed by atoms with Crippen LogP contribution in [0.25, 0.3) is 0 Å². The zero-order valence-corrected chi connectivity index (χ0v) is 17.4. The summed E-state index contributed by atoms with van der Waals surface area (Å²) in [5.41, 5.74) is 5.72. The number of amides is 1. The molecule has 0 aliphatic rings.